The van der Waals surface area contributed by atoms with E-state index in [4.69, 9.17) is 21.1 Å². The second-order valence-corrected chi connectivity index (χ2v) is 8.87. The molecule has 0 atom stereocenters. The molecule has 0 aliphatic rings. The number of nitriles is 1. The number of hydrogen-bond donors (Lipinski definition) is 1. The number of anilines is 1. The van der Waals surface area contributed by atoms with E-state index in [0.717, 1.165) is 10.8 Å². The molecule has 0 bridgehead atoms. The highest BCUT2D eigenvalue weighted by Gasteiger charge is 2.19. The Morgan fingerprint density at radius 2 is 1.75 bits per heavy atom. The molecule has 0 saturated heterocycles. The van der Waals surface area contributed by atoms with Crippen molar-refractivity contribution in [2.75, 3.05) is 12.4 Å². The summed E-state index contributed by atoms with van der Waals surface area (Å²) in [6.45, 7) is 0. The summed E-state index contributed by atoms with van der Waals surface area (Å²) in [6, 6.07) is 24.6. The Balaban J connectivity index is 1.61. The van der Waals surface area contributed by atoms with Crippen LogP contribution >= 0.6 is 27.5 Å². The van der Waals surface area contributed by atoms with Gasteiger partial charge in [0.25, 0.3) is 5.91 Å². The van der Waals surface area contributed by atoms with E-state index in [0.29, 0.717) is 26.3 Å². The molecule has 4 aromatic rings. The van der Waals surface area contributed by atoms with Gasteiger partial charge in [-0.1, -0.05) is 48.0 Å². The number of rotatable bonds is 6. The van der Waals surface area contributed by atoms with E-state index in [-0.39, 0.29) is 17.1 Å². The normalized spacial score (nSPS) is 11.0. The van der Waals surface area contributed by atoms with Crippen molar-refractivity contribution in [3.8, 4) is 17.6 Å². The van der Waals surface area contributed by atoms with Crippen molar-refractivity contribution < 1.29 is 19.1 Å². The van der Waals surface area contributed by atoms with Crippen molar-refractivity contribution in [3.05, 3.63) is 105 Å². The zero-order valence-corrected chi connectivity index (χ0v) is 21.3. The van der Waals surface area contributed by atoms with Gasteiger partial charge in [0.2, 0.25) is 0 Å². The van der Waals surface area contributed by atoms with Gasteiger partial charge in [-0.25, -0.2) is 4.79 Å². The second-order valence-electron chi connectivity index (χ2n) is 7.58. The maximum Gasteiger partial charge on any atom is 0.344 e. The molecule has 0 spiro atoms. The Labute approximate surface area is 220 Å². The Bertz CT molecular complexity index is 1540. The predicted octanol–water partition coefficient (Wildman–Crippen LogP) is 7.03. The minimum atomic E-state index is -0.582. The van der Waals surface area contributed by atoms with Crippen molar-refractivity contribution >= 4 is 61.9 Å². The van der Waals surface area contributed by atoms with Crippen LogP contribution in [0.5, 0.6) is 11.5 Å². The lowest BCUT2D eigenvalue weighted by Crippen LogP contribution is -2.13. The van der Waals surface area contributed by atoms with Gasteiger partial charge in [-0.05, 0) is 80.8 Å². The molecule has 0 radical (unpaired) electrons. The third-order valence-corrected chi connectivity index (χ3v) is 6.08. The minimum Gasteiger partial charge on any atom is -0.493 e. The molecule has 4 aromatic carbocycles. The fourth-order valence-electron chi connectivity index (χ4n) is 3.52. The third kappa shape index (κ3) is 5.57. The predicted molar refractivity (Wildman–Crippen MR) is 143 cm³/mol. The molecular formula is C28H18BrClN2O4. The third-order valence-electron chi connectivity index (χ3n) is 5.23. The summed E-state index contributed by atoms with van der Waals surface area (Å²) in [4.78, 5) is 25.6. The fraction of sp³-hybridized carbons (Fsp3) is 0.0357. The van der Waals surface area contributed by atoms with Gasteiger partial charge >= 0.3 is 5.97 Å². The van der Waals surface area contributed by atoms with Gasteiger partial charge in [-0.15, -0.1) is 0 Å². The van der Waals surface area contributed by atoms with E-state index in [1.807, 2.05) is 36.4 Å². The highest BCUT2D eigenvalue weighted by atomic mass is 79.9. The van der Waals surface area contributed by atoms with Crippen LogP contribution in [0.25, 0.3) is 16.8 Å². The lowest BCUT2D eigenvalue weighted by Gasteiger charge is -2.13. The van der Waals surface area contributed by atoms with Gasteiger partial charge in [0.1, 0.15) is 11.6 Å². The molecule has 36 heavy (non-hydrogen) atoms. The van der Waals surface area contributed by atoms with Crippen molar-refractivity contribution in [2.45, 2.75) is 0 Å². The number of methoxy groups -OCH3 is 1. The topological polar surface area (TPSA) is 88.4 Å². The smallest absolute Gasteiger partial charge is 0.344 e. The molecule has 0 aromatic heterocycles. The van der Waals surface area contributed by atoms with Gasteiger partial charge in [0, 0.05) is 10.7 Å². The quantitative estimate of drug-likeness (QED) is 0.118. The maximum absolute atomic E-state index is 13.0. The molecule has 1 amide bonds. The molecule has 0 heterocycles. The number of nitrogens with one attached hydrogen (secondary N) is 1. The molecule has 6 nitrogen and oxygen atoms in total. The molecule has 0 aliphatic carbocycles. The monoisotopic (exact) mass is 560 g/mol. The van der Waals surface area contributed by atoms with Crippen LogP contribution in [0, 0.1) is 11.3 Å². The Hall–Kier alpha value is -4.12. The second kappa shape index (κ2) is 11.1. The van der Waals surface area contributed by atoms with Crippen molar-refractivity contribution in [1.82, 2.24) is 0 Å². The highest BCUT2D eigenvalue weighted by molar-refractivity contribution is 9.10. The summed E-state index contributed by atoms with van der Waals surface area (Å²) in [5, 5.41) is 14.4. The van der Waals surface area contributed by atoms with Crippen LogP contribution in [-0.4, -0.2) is 19.0 Å². The van der Waals surface area contributed by atoms with Crippen LogP contribution in [-0.2, 0) is 4.79 Å². The molecule has 0 saturated carbocycles. The number of ether oxygens (including phenoxy) is 2. The van der Waals surface area contributed by atoms with Crippen molar-refractivity contribution in [3.63, 3.8) is 0 Å². The van der Waals surface area contributed by atoms with E-state index < -0.39 is 11.9 Å². The molecule has 4 rings (SSSR count). The number of hydrogen-bond acceptors (Lipinski definition) is 5. The summed E-state index contributed by atoms with van der Waals surface area (Å²) in [6.07, 6.45) is 1.41. The highest BCUT2D eigenvalue weighted by Crippen LogP contribution is 2.38. The summed E-state index contributed by atoms with van der Waals surface area (Å²) in [5.41, 5.74) is 1.28. The number of carbonyl (C=O) groups excluding carboxylic acids is 2. The number of fused-ring (bicyclic) bond motifs is 1. The zero-order chi connectivity index (χ0) is 25.7. The van der Waals surface area contributed by atoms with E-state index in [9.17, 15) is 14.9 Å². The minimum absolute atomic E-state index is 0.126. The molecule has 0 fully saturated rings. The van der Waals surface area contributed by atoms with Crippen molar-refractivity contribution in [2.24, 2.45) is 0 Å². The number of benzene rings is 4. The average molecular weight is 562 g/mol. The van der Waals surface area contributed by atoms with Gasteiger partial charge in [0.05, 0.1) is 17.1 Å². The molecule has 0 unspecified atom stereocenters. The molecule has 178 valence electrons. The Morgan fingerprint density at radius 1 is 1.03 bits per heavy atom. The fourth-order valence-corrected chi connectivity index (χ4v) is 4.19. The van der Waals surface area contributed by atoms with Crippen LogP contribution < -0.4 is 14.8 Å². The number of halogens is 2. The maximum atomic E-state index is 13.0. The summed E-state index contributed by atoms with van der Waals surface area (Å²) >= 11 is 9.29. The first-order valence-corrected chi connectivity index (χ1v) is 11.8. The lowest BCUT2D eigenvalue weighted by molar-refractivity contribution is -0.112. The number of nitrogens with zero attached hydrogens (tertiary/aromatic N) is 1. The average Bonchev–Trinajstić information content (AvgIpc) is 2.89. The standard InChI is InChI=1S/C28H18BrClN2O4/c1-35-25-15-17(13-19(16-31)27(33)32-21-11-9-20(30)10-12-21)14-24(29)26(25)36-28(34)23-8-4-6-18-5-2-3-7-22(18)23/h2-15H,1H3,(H,32,33)/b19-13+. The summed E-state index contributed by atoms with van der Waals surface area (Å²) in [7, 11) is 1.43. The van der Waals surface area contributed by atoms with E-state index in [1.165, 1.54) is 13.2 Å². The van der Waals surface area contributed by atoms with Crippen molar-refractivity contribution in [1.29, 1.82) is 5.26 Å². The van der Waals surface area contributed by atoms with E-state index >= 15 is 0 Å². The van der Waals surface area contributed by atoms with E-state index in [2.05, 4.69) is 21.2 Å². The number of esters is 1. The molecular weight excluding hydrogens is 544 g/mol. The largest absolute Gasteiger partial charge is 0.493 e. The van der Waals surface area contributed by atoms with Crippen LogP contribution in [0.1, 0.15) is 15.9 Å². The number of carbonyl (C=O) groups is 2. The first kappa shape index (κ1) is 25.0. The van der Waals surface area contributed by atoms with Gasteiger partial charge in [-0.2, -0.15) is 5.26 Å². The number of amides is 1. The SMILES string of the molecule is COc1cc(/C=C(\C#N)C(=O)Nc2ccc(Cl)cc2)cc(Br)c1OC(=O)c1cccc2ccccc12. The summed E-state index contributed by atoms with van der Waals surface area (Å²) in [5.74, 6) is -0.702. The lowest BCUT2D eigenvalue weighted by atomic mass is 10.0. The first-order chi connectivity index (χ1) is 17.4. The Kier molecular flexibility index (Phi) is 7.69. The Morgan fingerprint density at radius 3 is 2.47 bits per heavy atom. The van der Waals surface area contributed by atoms with Crippen LogP contribution in [0.2, 0.25) is 5.02 Å². The van der Waals surface area contributed by atoms with Gasteiger partial charge in [0.15, 0.2) is 11.5 Å². The van der Waals surface area contributed by atoms with Crippen LogP contribution in [0.15, 0.2) is 88.9 Å². The van der Waals surface area contributed by atoms with E-state index in [1.54, 1.807) is 48.5 Å². The van der Waals surface area contributed by atoms with Gasteiger partial charge < -0.3 is 14.8 Å². The van der Waals surface area contributed by atoms with Crippen LogP contribution in [0.4, 0.5) is 5.69 Å². The first-order valence-electron chi connectivity index (χ1n) is 10.7. The molecule has 1 N–H and O–H groups in total. The summed E-state index contributed by atoms with van der Waals surface area (Å²) < 4.78 is 11.6. The molecule has 0 aliphatic heterocycles. The molecule has 8 heteroatoms. The zero-order valence-electron chi connectivity index (χ0n) is 18.9. The van der Waals surface area contributed by atoms with Gasteiger partial charge in [-0.3, -0.25) is 4.79 Å². The van der Waals surface area contributed by atoms with Crippen LogP contribution in [0.3, 0.4) is 0 Å².